The number of aliphatic hydroxyl groups is 5. The average Bonchev–Trinajstić information content (AvgIpc) is 2.23. The van der Waals surface area contributed by atoms with Crippen LogP contribution in [0.4, 0.5) is 0 Å². The van der Waals surface area contributed by atoms with Crippen molar-refractivity contribution in [1.82, 2.24) is 0 Å². The lowest BCUT2D eigenvalue weighted by Gasteiger charge is -2.23. The van der Waals surface area contributed by atoms with Crippen LogP contribution in [0.5, 0.6) is 0 Å². The van der Waals surface area contributed by atoms with Gasteiger partial charge in [-0.1, -0.05) is 0 Å². The Morgan fingerprint density at radius 1 is 1.13 bits per heavy atom. The number of hydrogen-bond donors (Lipinski definition) is 6. The van der Waals surface area contributed by atoms with Crippen molar-refractivity contribution in [1.29, 1.82) is 0 Å². The molecule has 1 unspecified atom stereocenters. The zero-order valence-electron chi connectivity index (χ0n) is 7.42. The average molecular weight is 244 g/mol. The zero-order chi connectivity index (χ0) is 12.2. The number of aliphatic hydroxyl groups excluding tert-OH is 5. The van der Waals surface area contributed by atoms with Gasteiger partial charge in [-0.2, -0.15) is 0 Å². The quantitative estimate of drug-likeness (QED) is 0.269. The molecule has 9 heteroatoms. The van der Waals surface area contributed by atoms with Crippen LogP contribution in [0.3, 0.4) is 0 Å². The first kappa shape index (κ1) is 14.6. The molecule has 0 aromatic rings. The lowest BCUT2D eigenvalue weighted by Crippen LogP contribution is -2.49. The fraction of sp³-hybridized carbons (Fsp3) is 0.833. The van der Waals surface area contributed by atoms with Crippen molar-refractivity contribution in [2.75, 3.05) is 6.61 Å². The summed E-state index contributed by atoms with van der Waals surface area (Å²) >= 11 is -3.00. The minimum atomic E-state index is -3.00. The van der Waals surface area contributed by atoms with Crippen LogP contribution in [-0.4, -0.2) is 70.4 Å². The van der Waals surface area contributed by atoms with E-state index in [1.54, 1.807) is 0 Å². The Balaban J connectivity index is 4.50. The van der Waals surface area contributed by atoms with Crippen LogP contribution < -0.4 is 0 Å². The van der Waals surface area contributed by atoms with E-state index in [4.69, 9.17) is 30.1 Å². The summed E-state index contributed by atoms with van der Waals surface area (Å²) in [7, 11) is 0. The Morgan fingerprint density at radius 3 is 1.93 bits per heavy atom. The number of carbonyl (C=O) groups excluding carboxylic acids is 1. The molecule has 0 saturated heterocycles. The van der Waals surface area contributed by atoms with E-state index in [1.807, 2.05) is 0 Å². The highest BCUT2D eigenvalue weighted by Gasteiger charge is 2.36. The van der Waals surface area contributed by atoms with E-state index < -0.39 is 47.2 Å². The predicted molar refractivity (Wildman–Crippen MR) is 46.9 cm³/mol. The van der Waals surface area contributed by atoms with Gasteiger partial charge in [0.2, 0.25) is 11.1 Å². The van der Waals surface area contributed by atoms with Crippen molar-refractivity contribution in [3.63, 3.8) is 0 Å². The second kappa shape index (κ2) is 6.23. The molecule has 0 aliphatic heterocycles. The third-order valence-electron chi connectivity index (χ3n) is 1.67. The normalized spacial score (nSPS) is 21.5. The molecule has 15 heavy (non-hydrogen) atoms. The van der Waals surface area contributed by atoms with Gasteiger partial charge in [0.15, 0.2) is 6.10 Å². The second-order valence-corrected chi connectivity index (χ2v) is 3.64. The van der Waals surface area contributed by atoms with Crippen molar-refractivity contribution in [2.45, 2.75) is 24.4 Å². The van der Waals surface area contributed by atoms with Gasteiger partial charge < -0.3 is 25.5 Å². The largest absolute Gasteiger partial charge is 0.394 e. The van der Waals surface area contributed by atoms with Crippen LogP contribution in [-0.2, 0) is 15.9 Å². The molecule has 0 aliphatic carbocycles. The summed E-state index contributed by atoms with van der Waals surface area (Å²) < 4.78 is 18.5. The van der Waals surface area contributed by atoms with Crippen molar-refractivity contribution in [2.24, 2.45) is 0 Å². The molecular weight excluding hydrogens is 232 g/mol. The van der Waals surface area contributed by atoms with Gasteiger partial charge in [-0.3, -0.25) is 9.35 Å². The fourth-order valence-corrected chi connectivity index (χ4v) is 1.11. The predicted octanol–water partition coefficient (Wildman–Crippen LogP) is -3.83. The van der Waals surface area contributed by atoms with Crippen LogP contribution in [0.2, 0.25) is 0 Å². The van der Waals surface area contributed by atoms with Crippen molar-refractivity contribution >= 4 is 16.2 Å². The monoisotopic (exact) mass is 244 g/mol. The summed E-state index contributed by atoms with van der Waals surface area (Å²) in [4.78, 5) is 10.7. The molecule has 0 bridgehead atoms. The first-order valence-electron chi connectivity index (χ1n) is 3.80. The van der Waals surface area contributed by atoms with Gasteiger partial charge >= 0.3 is 0 Å². The summed E-state index contributed by atoms with van der Waals surface area (Å²) in [6, 6.07) is 0. The summed E-state index contributed by atoms with van der Waals surface area (Å²) in [6.07, 6.45) is -8.24. The molecule has 0 aromatic heterocycles. The van der Waals surface area contributed by atoms with Gasteiger partial charge in [0.05, 0.1) is 6.61 Å². The van der Waals surface area contributed by atoms with Gasteiger partial charge in [0.25, 0.3) is 5.12 Å². The lowest BCUT2D eigenvalue weighted by atomic mass is 10.0. The number of carbonyl (C=O) groups is 1. The minimum Gasteiger partial charge on any atom is -0.394 e. The summed E-state index contributed by atoms with van der Waals surface area (Å²) in [6.45, 7) is -0.901. The van der Waals surface area contributed by atoms with E-state index in [2.05, 4.69) is 0 Å². The maximum Gasteiger partial charge on any atom is 0.277 e. The molecule has 6 N–H and O–H groups in total. The van der Waals surface area contributed by atoms with E-state index in [9.17, 15) is 9.00 Å². The van der Waals surface area contributed by atoms with Gasteiger partial charge in [0, 0.05) is 0 Å². The smallest absolute Gasteiger partial charge is 0.277 e. The molecule has 0 aliphatic rings. The number of hydrogen-bond acceptors (Lipinski definition) is 7. The van der Waals surface area contributed by atoms with E-state index in [0.717, 1.165) is 0 Å². The number of rotatable bonds is 5. The lowest BCUT2D eigenvalue weighted by molar-refractivity contribution is -0.140. The molecule has 5 atom stereocenters. The Bertz CT molecular complexity index is 243. The van der Waals surface area contributed by atoms with Crippen LogP contribution in [0.1, 0.15) is 0 Å². The zero-order valence-corrected chi connectivity index (χ0v) is 8.24. The molecule has 0 heterocycles. The van der Waals surface area contributed by atoms with E-state index in [-0.39, 0.29) is 0 Å². The van der Waals surface area contributed by atoms with E-state index in [1.165, 1.54) is 0 Å². The highest BCUT2D eigenvalue weighted by molar-refractivity contribution is 7.95. The first-order valence-corrected chi connectivity index (χ1v) is 4.91. The van der Waals surface area contributed by atoms with E-state index in [0.29, 0.717) is 0 Å². The molecule has 0 saturated carbocycles. The van der Waals surface area contributed by atoms with Crippen LogP contribution in [0.15, 0.2) is 0 Å². The summed E-state index contributed by atoms with van der Waals surface area (Å²) in [5.41, 5.74) is 0. The maximum absolute atomic E-state index is 10.7. The third kappa shape index (κ3) is 3.91. The van der Waals surface area contributed by atoms with Crippen molar-refractivity contribution < 1.29 is 39.1 Å². The molecular formula is C6H12O8S. The minimum absolute atomic E-state index is 0.901. The van der Waals surface area contributed by atoms with Crippen molar-refractivity contribution in [3.8, 4) is 0 Å². The molecule has 0 radical (unpaired) electrons. The first-order chi connectivity index (χ1) is 6.82. The topological polar surface area (TPSA) is 156 Å². The van der Waals surface area contributed by atoms with Gasteiger partial charge in [-0.25, -0.2) is 4.21 Å². The molecule has 0 spiro atoms. The Morgan fingerprint density at radius 2 is 1.60 bits per heavy atom. The van der Waals surface area contributed by atoms with Crippen LogP contribution >= 0.6 is 0 Å². The summed E-state index contributed by atoms with van der Waals surface area (Å²) in [5.74, 6) is 0. The second-order valence-electron chi connectivity index (χ2n) is 2.74. The van der Waals surface area contributed by atoms with Crippen LogP contribution in [0.25, 0.3) is 0 Å². The molecule has 0 amide bonds. The van der Waals surface area contributed by atoms with Crippen LogP contribution in [0, 0.1) is 0 Å². The Kier molecular flexibility index (Phi) is 6.05. The van der Waals surface area contributed by atoms with Gasteiger partial charge in [-0.15, -0.1) is 0 Å². The Hall–Kier alpha value is -0.420. The third-order valence-corrected chi connectivity index (χ3v) is 2.25. The molecule has 0 fully saturated rings. The van der Waals surface area contributed by atoms with Gasteiger partial charge in [0.1, 0.15) is 18.3 Å². The highest BCUT2D eigenvalue weighted by Crippen LogP contribution is 2.06. The standard InChI is InChI=1S/C6H12O8S/c7-1-2(8)3(9)4(10)5(11)6(12)15(13)14/h2-5,7-11H,1H2,(H,13,14)/t2-,3-,4+,5-/m1/s1. The summed E-state index contributed by atoms with van der Waals surface area (Å²) in [5, 5.41) is 42.7. The van der Waals surface area contributed by atoms with E-state index >= 15 is 0 Å². The molecule has 0 rings (SSSR count). The maximum atomic E-state index is 10.7. The molecule has 0 aromatic carbocycles. The van der Waals surface area contributed by atoms with Gasteiger partial charge in [-0.05, 0) is 0 Å². The Labute approximate surface area is 87.1 Å². The molecule has 8 nitrogen and oxygen atoms in total. The fourth-order valence-electron chi connectivity index (χ4n) is 0.765. The highest BCUT2D eigenvalue weighted by atomic mass is 32.2. The van der Waals surface area contributed by atoms with Crippen molar-refractivity contribution in [3.05, 3.63) is 0 Å². The SMILES string of the molecule is O=C([C@H](O)[C@@H](O)[C@H](O)[C@H](O)CO)S(=O)O. The molecule has 90 valence electrons.